The number of nitrogens with one attached hydrogen (secondary N) is 1. The van der Waals surface area contributed by atoms with Crippen LogP contribution in [0.1, 0.15) is 28.5 Å². The summed E-state index contributed by atoms with van der Waals surface area (Å²) in [4.78, 5) is 30.0. The Kier molecular flexibility index (Phi) is 5.34. The van der Waals surface area contributed by atoms with Gasteiger partial charge in [-0.1, -0.05) is 54.1 Å². The number of anilines is 1. The molecular weight excluding hydrogens is 432 g/mol. The summed E-state index contributed by atoms with van der Waals surface area (Å²) in [5.41, 5.74) is 2.85. The molecule has 3 heterocycles. The van der Waals surface area contributed by atoms with Gasteiger partial charge in [-0.15, -0.1) is 11.3 Å². The highest BCUT2D eigenvalue weighted by Crippen LogP contribution is 2.35. The molecule has 0 saturated carbocycles. The molecule has 1 aliphatic heterocycles. The van der Waals surface area contributed by atoms with Crippen LogP contribution in [0.4, 0.5) is 5.69 Å². The molecule has 0 bridgehead atoms. The number of nitrogens with zero attached hydrogens (tertiary/aromatic N) is 3. The normalized spacial score (nSPS) is 17.6. The van der Waals surface area contributed by atoms with Crippen LogP contribution in [0.5, 0.6) is 0 Å². The van der Waals surface area contributed by atoms with Gasteiger partial charge in [0.05, 0.1) is 11.4 Å². The van der Waals surface area contributed by atoms with Crippen LogP contribution in [0.25, 0.3) is 10.6 Å². The Balaban J connectivity index is 1.54. The topological polar surface area (TPSA) is 67.2 Å². The van der Waals surface area contributed by atoms with E-state index in [1.54, 1.807) is 27.8 Å². The van der Waals surface area contributed by atoms with Crippen LogP contribution in [0, 0.1) is 6.92 Å². The first-order chi connectivity index (χ1) is 16.0. The zero-order chi connectivity index (χ0) is 23.0. The first kappa shape index (κ1) is 21.2. The van der Waals surface area contributed by atoms with Crippen molar-refractivity contribution in [2.24, 2.45) is 0 Å². The van der Waals surface area contributed by atoms with Crippen molar-refractivity contribution < 1.29 is 9.59 Å². The summed E-state index contributed by atoms with van der Waals surface area (Å²) in [5, 5.41) is 9.70. The van der Waals surface area contributed by atoms with Crippen molar-refractivity contribution in [1.82, 2.24) is 15.1 Å². The third kappa shape index (κ3) is 3.85. The van der Waals surface area contributed by atoms with Crippen molar-refractivity contribution in [1.29, 1.82) is 0 Å². The molecule has 0 spiro atoms. The maximum Gasteiger partial charge on any atom is 0.277 e. The highest BCUT2D eigenvalue weighted by atomic mass is 32.1. The van der Waals surface area contributed by atoms with E-state index in [2.05, 4.69) is 10.4 Å². The fraction of sp³-hybridized carbons (Fsp3) is 0.192. The minimum Gasteiger partial charge on any atom is -0.350 e. The molecule has 0 saturated heterocycles. The molecule has 33 heavy (non-hydrogen) atoms. The minimum absolute atomic E-state index is 0.223. The predicted octanol–water partition coefficient (Wildman–Crippen LogP) is 4.66. The van der Waals surface area contributed by atoms with Gasteiger partial charge >= 0.3 is 0 Å². The Labute approximate surface area is 196 Å². The third-order valence-corrected chi connectivity index (χ3v) is 6.90. The minimum atomic E-state index is -1.15. The lowest BCUT2D eigenvalue weighted by Crippen LogP contribution is -2.64. The molecule has 0 radical (unpaired) electrons. The number of amides is 2. The summed E-state index contributed by atoms with van der Waals surface area (Å²) < 4.78 is 1.67. The highest BCUT2D eigenvalue weighted by Gasteiger charge is 2.48. The van der Waals surface area contributed by atoms with Crippen LogP contribution in [0.3, 0.4) is 0 Å². The van der Waals surface area contributed by atoms with Gasteiger partial charge in [-0.05, 0) is 49.1 Å². The number of benzene rings is 2. The van der Waals surface area contributed by atoms with E-state index in [1.165, 1.54) is 0 Å². The Morgan fingerprint density at radius 1 is 1.09 bits per heavy atom. The molecule has 2 amide bonds. The number of aromatic nitrogens is 2. The van der Waals surface area contributed by atoms with Gasteiger partial charge in [0.15, 0.2) is 0 Å². The Bertz CT molecular complexity index is 1300. The number of carbonyl (C=O) groups is 2. The molecule has 2 aromatic heterocycles. The van der Waals surface area contributed by atoms with Gasteiger partial charge < -0.3 is 5.32 Å². The lowest BCUT2D eigenvalue weighted by Gasteiger charge is -2.43. The fourth-order valence-electron chi connectivity index (χ4n) is 4.19. The van der Waals surface area contributed by atoms with Gasteiger partial charge in [0.1, 0.15) is 16.9 Å². The van der Waals surface area contributed by atoms with Gasteiger partial charge in [-0.3, -0.25) is 19.2 Å². The van der Waals surface area contributed by atoms with Crippen LogP contribution < -0.4 is 10.2 Å². The lowest BCUT2D eigenvalue weighted by molar-refractivity contribution is -0.126. The van der Waals surface area contributed by atoms with Crippen molar-refractivity contribution in [2.75, 3.05) is 4.90 Å². The average Bonchev–Trinajstić information content (AvgIpc) is 3.49. The molecule has 4 aromatic rings. The fourth-order valence-corrected chi connectivity index (χ4v) is 4.87. The molecule has 1 N–H and O–H groups in total. The van der Waals surface area contributed by atoms with Crippen molar-refractivity contribution in [3.8, 4) is 10.6 Å². The van der Waals surface area contributed by atoms with Gasteiger partial charge in [0.25, 0.3) is 5.91 Å². The van der Waals surface area contributed by atoms with Crippen molar-refractivity contribution in [3.05, 3.63) is 95.0 Å². The zero-order valence-corrected chi connectivity index (χ0v) is 19.3. The van der Waals surface area contributed by atoms with Crippen LogP contribution in [-0.2, 0) is 17.9 Å². The molecule has 0 aliphatic carbocycles. The van der Waals surface area contributed by atoms with Crippen LogP contribution in [-0.4, -0.2) is 27.1 Å². The van der Waals surface area contributed by atoms with Crippen LogP contribution >= 0.6 is 11.3 Å². The standard InChI is InChI=1S/C26H24N4O2S/c1-18-10-12-20(13-11-18)30-24(31)22-15-21(23-9-6-14-33-23)28-29(22)17-26(30,2)25(32)27-16-19-7-4-3-5-8-19/h3-15H,16-17H2,1-2H3,(H,27,32). The Hall–Kier alpha value is -3.71. The largest absolute Gasteiger partial charge is 0.350 e. The summed E-state index contributed by atoms with van der Waals surface area (Å²) in [6.07, 6.45) is 0. The summed E-state index contributed by atoms with van der Waals surface area (Å²) in [5.74, 6) is -0.461. The van der Waals surface area contributed by atoms with Gasteiger partial charge in [-0.2, -0.15) is 5.10 Å². The van der Waals surface area contributed by atoms with Gasteiger partial charge in [-0.25, -0.2) is 0 Å². The van der Waals surface area contributed by atoms with E-state index in [-0.39, 0.29) is 18.4 Å². The van der Waals surface area contributed by atoms with E-state index < -0.39 is 5.54 Å². The van der Waals surface area contributed by atoms with Crippen LogP contribution in [0.15, 0.2) is 78.2 Å². The number of hydrogen-bond acceptors (Lipinski definition) is 4. The van der Waals surface area contributed by atoms with Crippen molar-refractivity contribution >= 4 is 28.8 Å². The quantitative estimate of drug-likeness (QED) is 0.475. The Morgan fingerprint density at radius 3 is 2.55 bits per heavy atom. The molecule has 1 aliphatic rings. The summed E-state index contributed by atoms with van der Waals surface area (Å²) in [7, 11) is 0. The summed E-state index contributed by atoms with van der Waals surface area (Å²) in [6, 6.07) is 23.2. The molecule has 5 rings (SSSR count). The van der Waals surface area contributed by atoms with E-state index in [1.807, 2.05) is 85.1 Å². The number of carbonyl (C=O) groups excluding carboxylic acids is 2. The molecule has 1 atom stereocenters. The number of thiophene rings is 1. The number of aryl methyl sites for hydroxylation is 1. The van der Waals surface area contributed by atoms with E-state index in [9.17, 15) is 9.59 Å². The second-order valence-electron chi connectivity index (χ2n) is 8.47. The second kappa shape index (κ2) is 8.33. The predicted molar refractivity (Wildman–Crippen MR) is 130 cm³/mol. The van der Waals surface area contributed by atoms with E-state index in [0.717, 1.165) is 21.7 Å². The van der Waals surface area contributed by atoms with Gasteiger partial charge in [0, 0.05) is 12.2 Å². The number of hydrogen-bond donors (Lipinski definition) is 1. The maximum atomic E-state index is 13.8. The molecule has 1 unspecified atom stereocenters. The molecule has 0 fully saturated rings. The molecule has 7 heteroatoms. The first-order valence-corrected chi connectivity index (χ1v) is 11.7. The molecule has 6 nitrogen and oxygen atoms in total. The highest BCUT2D eigenvalue weighted by molar-refractivity contribution is 7.13. The lowest BCUT2D eigenvalue weighted by atomic mass is 9.93. The second-order valence-corrected chi connectivity index (χ2v) is 9.42. The van der Waals surface area contributed by atoms with Crippen LogP contribution in [0.2, 0.25) is 0 Å². The molecule has 166 valence electrons. The number of fused-ring (bicyclic) bond motifs is 1. The zero-order valence-electron chi connectivity index (χ0n) is 18.5. The van der Waals surface area contributed by atoms with Gasteiger partial charge in [0.2, 0.25) is 5.91 Å². The number of rotatable bonds is 5. The van der Waals surface area contributed by atoms with Crippen molar-refractivity contribution in [3.63, 3.8) is 0 Å². The first-order valence-electron chi connectivity index (χ1n) is 10.8. The SMILES string of the molecule is Cc1ccc(N2C(=O)c3cc(-c4cccs4)nn3CC2(C)C(=O)NCc2ccccc2)cc1. The Morgan fingerprint density at radius 2 is 1.85 bits per heavy atom. The third-order valence-electron chi connectivity index (χ3n) is 6.00. The summed E-state index contributed by atoms with van der Waals surface area (Å²) >= 11 is 1.57. The summed E-state index contributed by atoms with van der Waals surface area (Å²) in [6.45, 7) is 4.45. The molecular formula is C26H24N4O2S. The smallest absolute Gasteiger partial charge is 0.277 e. The van der Waals surface area contributed by atoms with E-state index in [4.69, 9.17) is 0 Å². The van der Waals surface area contributed by atoms with Crippen molar-refractivity contribution in [2.45, 2.75) is 32.5 Å². The maximum absolute atomic E-state index is 13.8. The average molecular weight is 457 g/mol. The molecule has 2 aromatic carbocycles. The van der Waals surface area contributed by atoms with E-state index >= 15 is 0 Å². The van der Waals surface area contributed by atoms with E-state index in [0.29, 0.717) is 17.9 Å². The monoisotopic (exact) mass is 456 g/mol.